The summed E-state index contributed by atoms with van der Waals surface area (Å²) in [7, 11) is 1.41. The zero-order chi connectivity index (χ0) is 17.0. The molecule has 0 saturated heterocycles. The van der Waals surface area contributed by atoms with E-state index < -0.39 is 23.5 Å². The molecular weight excluding hydrogens is 304 g/mol. The van der Waals surface area contributed by atoms with Gasteiger partial charge in [-0.3, -0.25) is 4.79 Å². The molecule has 0 radical (unpaired) electrons. The molecule has 0 saturated carbocycles. The summed E-state index contributed by atoms with van der Waals surface area (Å²) in [4.78, 5) is 12.2. The highest BCUT2D eigenvalue weighted by molar-refractivity contribution is 5.99. The van der Waals surface area contributed by atoms with E-state index >= 15 is 0 Å². The van der Waals surface area contributed by atoms with Gasteiger partial charge in [-0.05, 0) is 37.3 Å². The molecule has 6 heteroatoms. The zero-order valence-corrected chi connectivity index (χ0v) is 12.5. The molecular formula is C17H13F2NO3. The first-order chi connectivity index (χ1) is 11.0. The molecule has 2 rings (SSSR count). The van der Waals surface area contributed by atoms with Crippen LogP contribution in [0.15, 0.2) is 36.4 Å². The highest BCUT2D eigenvalue weighted by atomic mass is 19.2. The Labute approximate surface area is 131 Å². The van der Waals surface area contributed by atoms with E-state index in [9.17, 15) is 13.6 Å². The third-order valence-electron chi connectivity index (χ3n) is 3.17. The van der Waals surface area contributed by atoms with Gasteiger partial charge >= 0.3 is 0 Å². The second-order valence-corrected chi connectivity index (χ2v) is 4.73. The molecule has 1 atom stereocenters. The fraction of sp³-hybridized carbons (Fsp3) is 0.176. The maximum atomic E-state index is 13.2. The Morgan fingerprint density at radius 2 is 1.87 bits per heavy atom. The summed E-state index contributed by atoms with van der Waals surface area (Å²) >= 11 is 0. The van der Waals surface area contributed by atoms with Crippen LogP contribution >= 0.6 is 0 Å². The first-order valence-corrected chi connectivity index (χ1v) is 6.70. The van der Waals surface area contributed by atoms with Crippen LogP contribution in [0, 0.1) is 23.0 Å². The van der Waals surface area contributed by atoms with Gasteiger partial charge in [0.05, 0.1) is 18.7 Å². The monoisotopic (exact) mass is 317 g/mol. The van der Waals surface area contributed by atoms with Gasteiger partial charge in [0.15, 0.2) is 29.2 Å². The molecule has 0 spiro atoms. The van der Waals surface area contributed by atoms with E-state index in [1.54, 1.807) is 0 Å². The molecule has 0 N–H and O–H groups in total. The van der Waals surface area contributed by atoms with Crippen molar-refractivity contribution in [2.75, 3.05) is 7.11 Å². The second-order valence-electron chi connectivity index (χ2n) is 4.73. The summed E-state index contributed by atoms with van der Waals surface area (Å²) < 4.78 is 36.8. The zero-order valence-electron chi connectivity index (χ0n) is 12.5. The van der Waals surface area contributed by atoms with Gasteiger partial charge < -0.3 is 9.47 Å². The molecule has 0 fully saturated rings. The van der Waals surface area contributed by atoms with Crippen molar-refractivity contribution in [1.82, 2.24) is 0 Å². The van der Waals surface area contributed by atoms with Gasteiger partial charge in [-0.15, -0.1) is 0 Å². The minimum Gasteiger partial charge on any atom is -0.493 e. The number of nitriles is 1. The molecule has 0 bridgehead atoms. The number of ether oxygens (including phenoxy) is 2. The largest absolute Gasteiger partial charge is 0.493 e. The molecule has 23 heavy (non-hydrogen) atoms. The van der Waals surface area contributed by atoms with Gasteiger partial charge in [0.25, 0.3) is 0 Å². The predicted molar refractivity (Wildman–Crippen MR) is 78.5 cm³/mol. The number of nitrogens with zero attached hydrogens (tertiary/aromatic N) is 1. The fourth-order valence-corrected chi connectivity index (χ4v) is 1.96. The summed E-state index contributed by atoms with van der Waals surface area (Å²) in [5.41, 5.74) is 0.387. The standard InChI is InChI=1S/C17H13F2NO3/c1-10(17(21)12-4-5-13(18)14(19)8-12)23-15-6-3-11(9-20)7-16(15)22-2/h3-8,10H,1-2H3/t10-/m1/s1. The first-order valence-electron chi connectivity index (χ1n) is 6.70. The van der Waals surface area contributed by atoms with E-state index in [1.807, 2.05) is 6.07 Å². The maximum Gasteiger partial charge on any atom is 0.203 e. The first kappa shape index (κ1) is 16.4. The number of benzene rings is 2. The van der Waals surface area contributed by atoms with E-state index in [2.05, 4.69) is 0 Å². The van der Waals surface area contributed by atoms with Gasteiger partial charge in [-0.2, -0.15) is 5.26 Å². The topological polar surface area (TPSA) is 59.3 Å². The Balaban J connectivity index is 2.21. The number of halogens is 2. The molecule has 0 amide bonds. The molecule has 0 aliphatic carbocycles. The Morgan fingerprint density at radius 3 is 2.48 bits per heavy atom. The fourth-order valence-electron chi connectivity index (χ4n) is 1.96. The Kier molecular flexibility index (Phi) is 4.91. The van der Waals surface area contributed by atoms with Gasteiger partial charge in [0.1, 0.15) is 0 Å². The van der Waals surface area contributed by atoms with Gasteiger partial charge in [0, 0.05) is 11.6 Å². The second kappa shape index (κ2) is 6.88. The lowest BCUT2D eigenvalue weighted by Gasteiger charge is -2.16. The third kappa shape index (κ3) is 3.64. The number of rotatable bonds is 5. The summed E-state index contributed by atoms with van der Waals surface area (Å²) in [6, 6.07) is 9.37. The van der Waals surface area contributed by atoms with Crippen LogP contribution in [0.2, 0.25) is 0 Å². The van der Waals surface area contributed by atoms with E-state index in [0.29, 0.717) is 11.3 Å². The number of ketones is 1. The summed E-state index contributed by atoms with van der Waals surface area (Å²) in [5, 5.41) is 8.85. The van der Waals surface area contributed by atoms with Crippen LogP contribution in [0.3, 0.4) is 0 Å². The van der Waals surface area contributed by atoms with E-state index in [-0.39, 0.29) is 11.3 Å². The SMILES string of the molecule is COc1cc(C#N)ccc1O[C@H](C)C(=O)c1ccc(F)c(F)c1. The summed E-state index contributed by atoms with van der Waals surface area (Å²) in [5.74, 6) is -2.05. The van der Waals surface area contributed by atoms with E-state index in [1.165, 1.54) is 38.3 Å². The molecule has 0 unspecified atom stereocenters. The minimum atomic E-state index is -1.10. The molecule has 2 aromatic carbocycles. The predicted octanol–water partition coefficient (Wildman–Crippen LogP) is 3.50. The van der Waals surface area contributed by atoms with Crippen LogP contribution in [-0.2, 0) is 0 Å². The maximum absolute atomic E-state index is 13.2. The van der Waals surface area contributed by atoms with Crippen LogP contribution in [-0.4, -0.2) is 19.0 Å². The number of Topliss-reactive ketones (excluding diaryl/α,β-unsaturated/α-hetero) is 1. The van der Waals surface area contributed by atoms with E-state index in [0.717, 1.165) is 12.1 Å². The highest BCUT2D eigenvalue weighted by Gasteiger charge is 2.20. The lowest BCUT2D eigenvalue weighted by Crippen LogP contribution is -2.24. The average Bonchev–Trinajstić information content (AvgIpc) is 2.56. The molecule has 0 heterocycles. The quantitative estimate of drug-likeness (QED) is 0.792. The van der Waals surface area contributed by atoms with Gasteiger partial charge in [-0.25, -0.2) is 8.78 Å². The van der Waals surface area contributed by atoms with Crippen molar-refractivity contribution in [3.8, 4) is 17.6 Å². The molecule has 2 aromatic rings. The Hall–Kier alpha value is -2.94. The number of hydrogen-bond acceptors (Lipinski definition) is 4. The van der Waals surface area contributed by atoms with Crippen LogP contribution in [0.1, 0.15) is 22.8 Å². The summed E-state index contributed by atoms with van der Waals surface area (Å²) in [6.07, 6.45) is -0.943. The smallest absolute Gasteiger partial charge is 0.203 e. The van der Waals surface area contributed by atoms with Crippen LogP contribution < -0.4 is 9.47 Å². The Morgan fingerprint density at radius 1 is 1.13 bits per heavy atom. The van der Waals surface area contributed by atoms with Crippen molar-refractivity contribution in [3.63, 3.8) is 0 Å². The van der Waals surface area contributed by atoms with Crippen molar-refractivity contribution < 1.29 is 23.0 Å². The molecule has 0 aromatic heterocycles. The lowest BCUT2D eigenvalue weighted by atomic mass is 10.1. The number of hydrogen-bond donors (Lipinski definition) is 0. The van der Waals surface area contributed by atoms with Crippen molar-refractivity contribution in [3.05, 3.63) is 59.2 Å². The van der Waals surface area contributed by atoms with Crippen LogP contribution in [0.4, 0.5) is 8.78 Å². The van der Waals surface area contributed by atoms with Crippen molar-refractivity contribution in [2.45, 2.75) is 13.0 Å². The Bertz CT molecular complexity index is 784. The van der Waals surface area contributed by atoms with E-state index in [4.69, 9.17) is 14.7 Å². The normalized spacial score (nSPS) is 11.4. The van der Waals surface area contributed by atoms with Crippen molar-refractivity contribution >= 4 is 5.78 Å². The number of methoxy groups -OCH3 is 1. The average molecular weight is 317 g/mol. The number of carbonyl (C=O) groups excluding carboxylic acids is 1. The summed E-state index contributed by atoms with van der Waals surface area (Å²) in [6.45, 7) is 1.49. The van der Waals surface area contributed by atoms with Gasteiger partial charge in [-0.1, -0.05) is 0 Å². The molecule has 4 nitrogen and oxygen atoms in total. The minimum absolute atomic E-state index is 0.00371. The number of carbonyl (C=O) groups is 1. The highest BCUT2D eigenvalue weighted by Crippen LogP contribution is 2.29. The van der Waals surface area contributed by atoms with Crippen LogP contribution in [0.25, 0.3) is 0 Å². The lowest BCUT2D eigenvalue weighted by molar-refractivity contribution is 0.0813. The molecule has 0 aliphatic heterocycles. The van der Waals surface area contributed by atoms with Crippen molar-refractivity contribution in [2.24, 2.45) is 0 Å². The van der Waals surface area contributed by atoms with Crippen LogP contribution in [0.5, 0.6) is 11.5 Å². The van der Waals surface area contributed by atoms with Crippen molar-refractivity contribution in [1.29, 1.82) is 5.26 Å². The molecule has 0 aliphatic rings. The molecule has 118 valence electrons. The third-order valence-corrected chi connectivity index (χ3v) is 3.17. The van der Waals surface area contributed by atoms with Gasteiger partial charge in [0.2, 0.25) is 5.78 Å².